The fraction of sp³-hybridized carbons (Fsp3) is 0.409. The van der Waals surface area contributed by atoms with E-state index in [1.165, 1.54) is 11.0 Å². The maximum absolute atomic E-state index is 12.9. The Morgan fingerprint density at radius 3 is 2.45 bits per heavy atom. The molecule has 4 N–H and O–H groups in total. The van der Waals surface area contributed by atoms with E-state index in [9.17, 15) is 27.9 Å². The van der Waals surface area contributed by atoms with Crippen molar-refractivity contribution in [1.82, 2.24) is 15.2 Å². The Hall–Kier alpha value is -3.18. The molecule has 1 amide bonds. The fourth-order valence-electron chi connectivity index (χ4n) is 3.79. The highest BCUT2D eigenvalue weighted by molar-refractivity contribution is 5.94. The van der Waals surface area contributed by atoms with Crippen LogP contribution in [0.3, 0.4) is 0 Å². The van der Waals surface area contributed by atoms with Crippen LogP contribution in [0, 0.1) is 6.92 Å². The van der Waals surface area contributed by atoms with Crippen LogP contribution in [0.1, 0.15) is 34.5 Å². The second kappa shape index (κ2) is 11.1. The Labute approximate surface area is 188 Å². The molecule has 0 bridgehead atoms. The van der Waals surface area contributed by atoms with Crippen molar-refractivity contribution in [3.05, 3.63) is 69.6 Å². The van der Waals surface area contributed by atoms with Crippen molar-refractivity contribution in [2.75, 3.05) is 19.6 Å². The maximum atomic E-state index is 12.9. The average molecular weight is 469 g/mol. The molecule has 1 saturated heterocycles. The number of β-amino-alcohol motifs (C(OH)–C–C–N with tert-alkyl or cyclic N) is 1. The SMILES string of the molecule is Cc1ccc(C(=O)N[C@@]2(c3ccccc3)CCN(CCC(F)(F)F)C[C@H]2O)c(=O)[nH]1.O=CO. The number of halogens is 3. The standard InChI is InChI=1S/C21H24F3N3O3.CH2O2/c1-14-7-8-16(18(29)25-14)19(30)26-20(15-5-3-2-4-6-15)9-11-27(13-17(20)28)12-10-21(22,23)24;2-1-3/h2-8,17,28H,9-13H2,1H3,(H,25,29)(H,26,30);1H,(H,2,3)/t17-,20-;/m1./s1. The molecule has 2 heterocycles. The van der Waals surface area contributed by atoms with Crippen molar-refractivity contribution in [3.63, 3.8) is 0 Å². The topological polar surface area (TPSA) is 123 Å². The van der Waals surface area contributed by atoms with Crippen LogP contribution in [0.5, 0.6) is 0 Å². The summed E-state index contributed by atoms with van der Waals surface area (Å²) in [5, 5.41) is 20.7. The first-order valence-corrected chi connectivity index (χ1v) is 10.2. The second-order valence-corrected chi connectivity index (χ2v) is 7.71. The Balaban J connectivity index is 0.00000122. The lowest BCUT2D eigenvalue weighted by atomic mass is 9.78. The van der Waals surface area contributed by atoms with Gasteiger partial charge in [0.2, 0.25) is 0 Å². The quantitative estimate of drug-likeness (QED) is 0.497. The van der Waals surface area contributed by atoms with Gasteiger partial charge in [-0.05, 0) is 31.0 Å². The Bertz CT molecular complexity index is 997. The molecule has 2 atom stereocenters. The summed E-state index contributed by atoms with van der Waals surface area (Å²) in [5.74, 6) is -0.650. The van der Waals surface area contributed by atoms with Gasteiger partial charge < -0.3 is 25.4 Å². The lowest BCUT2D eigenvalue weighted by Crippen LogP contribution is -2.62. The van der Waals surface area contributed by atoms with Gasteiger partial charge in [0, 0.05) is 25.3 Å². The van der Waals surface area contributed by atoms with Gasteiger partial charge in [-0.15, -0.1) is 0 Å². The van der Waals surface area contributed by atoms with Crippen LogP contribution in [0.4, 0.5) is 13.2 Å². The summed E-state index contributed by atoms with van der Waals surface area (Å²) in [6.45, 7) is 1.44. The van der Waals surface area contributed by atoms with Gasteiger partial charge in [0.15, 0.2) is 0 Å². The van der Waals surface area contributed by atoms with E-state index < -0.39 is 35.7 Å². The van der Waals surface area contributed by atoms with Gasteiger partial charge in [-0.25, -0.2) is 0 Å². The number of nitrogens with one attached hydrogen (secondary N) is 2. The summed E-state index contributed by atoms with van der Waals surface area (Å²) in [6, 6.07) is 11.8. The van der Waals surface area contributed by atoms with E-state index >= 15 is 0 Å². The summed E-state index contributed by atoms with van der Waals surface area (Å²) in [4.78, 5) is 37.5. The van der Waals surface area contributed by atoms with Crippen LogP contribution >= 0.6 is 0 Å². The van der Waals surface area contributed by atoms with Crippen molar-refractivity contribution in [2.45, 2.75) is 37.6 Å². The number of rotatable bonds is 5. The number of aliphatic hydroxyl groups is 1. The molecule has 1 aromatic carbocycles. The maximum Gasteiger partial charge on any atom is 0.390 e. The van der Waals surface area contributed by atoms with Gasteiger partial charge in [-0.2, -0.15) is 13.2 Å². The van der Waals surface area contributed by atoms with Gasteiger partial charge in [0.25, 0.3) is 17.9 Å². The minimum absolute atomic E-state index is 0.0322. The van der Waals surface area contributed by atoms with E-state index in [1.807, 2.05) is 0 Å². The molecule has 2 aromatic rings. The van der Waals surface area contributed by atoms with Crippen LogP contribution in [0.2, 0.25) is 0 Å². The first kappa shape index (κ1) is 26.1. The monoisotopic (exact) mass is 469 g/mol. The van der Waals surface area contributed by atoms with E-state index in [4.69, 9.17) is 9.90 Å². The van der Waals surface area contributed by atoms with Gasteiger partial charge in [0.1, 0.15) is 5.56 Å². The van der Waals surface area contributed by atoms with Gasteiger partial charge in [-0.1, -0.05) is 30.3 Å². The molecule has 33 heavy (non-hydrogen) atoms. The van der Waals surface area contributed by atoms with Crippen molar-refractivity contribution in [1.29, 1.82) is 0 Å². The fourth-order valence-corrected chi connectivity index (χ4v) is 3.79. The molecule has 1 fully saturated rings. The molecule has 1 aliphatic rings. The number of carbonyl (C=O) groups is 2. The number of carbonyl (C=O) groups excluding carboxylic acids is 1. The molecular formula is C22H26F3N3O5. The lowest BCUT2D eigenvalue weighted by molar-refractivity contribution is -0.141. The summed E-state index contributed by atoms with van der Waals surface area (Å²) >= 11 is 0. The Morgan fingerprint density at radius 2 is 1.91 bits per heavy atom. The number of benzene rings is 1. The van der Waals surface area contributed by atoms with Crippen LogP contribution < -0.4 is 10.9 Å². The molecule has 0 aliphatic carbocycles. The first-order valence-electron chi connectivity index (χ1n) is 10.2. The number of H-pyrrole nitrogens is 1. The lowest BCUT2D eigenvalue weighted by Gasteiger charge is -2.46. The number of nitrogens with zero attached hydrogens (tertiary/aromatic N) is 1. The summed E-state index contributed by atoms with van der Waals surface area (Å²) in [6.07, 6.45) is -6.20. The number of pyridine rings is 1. The Kier molecular flexibility index (Phi) is 8.77. The number of piperidine rings is 1. The third-order valence-corrected chi connectivity index (χ3v) is 5.46. The van der Waals surface area contributed by atoms with Crippen LogP contribution in [0.15, 0.2) is 47.3 Å². The number of carboxylic acid groups (broad SMARTS) is 1. The second-order valence-electron chi connectivity index (χ2n) is 7.71. The number of aryl methyl sites for hydroxylation is 1. The van der Waals surface area contributed by atoms with Crippen LogP contribution in [-0.2, 0) is 10.3 Å². The summed E-state index contributed by atoms with van der Waals surface area (Å²) < 4.78 is 37.7. The normalized spacial score (nSPS) is 20.9. The highest BCUT2D eigenvalue weighted by Gasteiger charge is 2.45. The molecule has 0 unspecified atom stereocenters. The van der Waals surface area contributed by atoms with E-state index in [2.05, 4.69) is 10.3 Å². The number of aliphatic hydroxyl groups excluding tert-OH is 1. The zero-order valence-corrected chi connectivity index (χ0v) is 17.9. The molecule has 8 nitrogen and oxygen atoms in total. The van der Waals surface area contributed by atoms with Gasteiger partial charge in [0.05, 0.1) is 18.1 Å². The predicted octanol–water partition coefficient (Wildman–Crippen LogP) is 2.03. The molecule has 1 aromatic heterocycles. The Morgan fingerprint density at radius 1 is 1.27 bits per heavy atom. The van der Waals surface area contributed by atoms with Gasteiger partial charge >= 0.3 is 6.18 Å². The zero-order valence-electron chi connectivity index (χ0n) is 17.9. The zero-order chi connectivity index (χ0) is 24.6. The first-order chi connectivity index (χ1) is 15.5. The third kappa shape index (κ3) is 6.90. The molecule has 1 aliphatic heterocycles. The molecule has 180 valence electrons. The van der Waals surface area contributed by atoms with E-state index in [0.29, 0.717) is 11.3 Å². The number of aromatic amines is 1. The number of aromatic nitrogens is 1. The highest BCUT2D eigenvalue weighted by atomic mass is 19.4. The van der Waals surface area contributed by atoms with Crippen molar-refractivity contribution >= 4 is 12.4 Å². The minimum atomic E-state index is -4.28. The van der Waals surface area contributed by atoms with Crippen LogP contribution in [-0.4, -0.2) is 64.4 Å². The predicted molar refractivity (Wildman–Crippen MR) is 114 cm³/mol. The molecule has 0 spiro atoms. The average Bonchev–Trinajstić information content (AvgIpc) is 2.74. The van der Waals surface area contributed by atoms with Crippen molar-refractivity contribution in [3.8, 4) is 0 Å². The van der Waals surface area contributed by atoms with E-state index in [0.717, 1.165) is 0 Å². The number of hydrogen-bond acceptors (Lipinski definition) is 5. The number of likely N-dealkylation sites (tertiary alicyclic amines) is 1. The smallest absolute Gasteiger partial charge is 0.390 e. The molecule has 0 radical (unpaired) electrons. The number of amides is 1. The molecular weight excluding hydrogens is 443 g/mol. The largest absolute Gasteiger partial charge is 0.483 e. The number of alkyl halides is 3. The third-order valence-electron chi connectivity index (χ3n) is 5.46. The number of hydrogen-bond donors (Lipinski definition) is 4. The van der Waals surface area contributed by atoms with Crippen molar-refractivity contribution < 1.29 is 33.0 Å². The molecule has 0 saturated carbocycles. The van der Waals surface area contributed by atoms with Crippen LogP contribution in [0.25, 0.3) is 0 Å². The highest BCUT2D eigenvalue weighted by Crippen LogP contribution is 2.34. The summed E-state index contributed by atoms with van der Waals surface area (Å²) in [7, 11) is 0. The summed E-state index contributed by atoms with van der Waals surface area (Å²) in [5.41, 5.74) is -0.627. The molecule has 3 rings (SSSR count). The minimum Gasteiger partial charge on any atom is -0.483 e. The molecule has 11 heteroatoms. The van der Waals surface area contributed by atoms with E-state index in [-0.39, 0.29) is 38.1 Å². The van der Waals surface area contributed by atoms with Crippen molar-refractivity contribution in [2.24, 2.45) is 0 Å². The van der Waals surface area contributed by atoms with Gasteiger partial charge in [-0.3, -0.25) is 14.4 Å². The van der Waals surface area contributed by atoms with E-state index in [1.54, 1.807) is 43.3 Å².